The number of carbonyl (C=O) groups is 1. The third kappa shape index (κ3) is 11.2. The van der Waals surface area contributed by atoms with Crippen LogP contribution in [0.4, 0.5) is 0 Å². The minimum Gasteiger partial charge on any atom is -0.478 e. The topological polar surface area (TPSA) is 43.8 Å². The molecule has 2 aliphatic carbocycles. The van der Waals surface area contributed by atoms with Gasteiger partial charge in [-0.25, -0.2) is 4.79 Å². The van der Waals surface area contributed by atoms with Crippen LogP contribution < -0.4 is 0 Å². The van der Waals surface area contributed by atoms with Gasteiger partial charge in [0.25, 0.3) is 0 Å². The molecule has 52 heavy (non-hydrogen) atoms. The third-order valence-corrected chi connectivity index (χ3v) is 10.1. The van der Waals surface area contributed by atoms with Crippen molar-refractivity contribution in [1.82, 2.24) is 9.80 Å². The molecule has 0 saturated heterocycles. The second kappa shape index (κ2) is 18.2. The molecule has 0 atom stereocenters. The molecule has 2 aliphatic rings. The lowest BCUT2D eigenvalue weighted by Crippen LogP contribution is -2.25. The molecule has 4 aromatic carbocycles. The largest absolute Gasteiger partial charge is 0.478 e. The molecule has 0 bridgehead atoms. The van der Waals surface area contributed by atoms with Crippen molar-refractivity contribution in [3.63, 3.8) is 0 Å². The van der Waals surface area contributed by atoms with E-state index in [0.29, 0.717) is 11.8 Å². The van der Waals surface area contributed by atoms with Crippen LogP contribution in [0.5, 0.6) is 0 Å². The van der Waals surface area contributed by atoms with Crippen molar-refractivity contribution >= 4 is 5.97 Å². The molecule has 2 saturated carbocycles. The molecule has 0 heterocycles. The predicted molar refractivity (Wildman–Crippen MR) is 216 cm³/mol. The Bertz CT molecular complexity index is 1930. The number of hydrogen-bond donors (Lipinski definition) is 1. The molecule has 6 rings (SSSR count). The smallest absolute Gasteiger partial charge is 0.335 e. The van der Waals surface area contributed by atoms with Crippen LogP contribution in [0, 0.1) is 30.6 Å². The van der Waals surface area contributed by atoms with E-state index < -0.39 is 5.97 Å². The summed E-state index contributed by atoms with van der Waals surface area (Å²) in [6.45, 7) is 19.9. The van der Waals surface area contributed by atoms with Gasteiger partial charge in [0.2, 0.25) is 0 Å². The Morgan fingerprint density at radius 2 is 0.981 bits per heavy atom. The zero-order valence-corrected chi connectivity index (χ0v) is 32.3. The van der Waals surface area contributed by atoms with Crippen molar-refractivity contribution in [1.29, 1.82) is 0 Å². The van der Waals surface area contributed by atoms with Crippen molar-refractivity contribution in [2.75, 3.05) is 13.1 Å². The maximum absolute atomic E-state index is 10.9. The lowest BCUT2D eigenvalue weighted by molar-refractivity contribution is 0.0697. The highest BCUT2D eigenvalue weighted by molar-refractivity contribution is 5.87. The van der Waals surface area contributed by atoms with Crippen LogP contribution in [0.25, 0.3) is 0 Å². The van der Waals surface area contributed by atoms with Gasteiger partial charge in [-0.05, 0) is 140 Å². The van der Waals surface area contributed by atoms with E-state index in [1.807, 2.05) is 0 Å². The summed E-state index contributed by atoms with van der Waals surface area (Å²) in [7, 11) is 0. The van der Waals surface area contributed by atoms with Gasteiger partial charge >= 0.3 is 5.97 Å². The summed E-state index contributed by atoms with van der Waals surface area (Å²) >= 11 is 0. The SMILES string of the molecule is CCN(Cc1ccc(C#Cc2ccc(C(=O)O)cc2)cc1C(C)C)C1CC1.CCN(Cc1ccc(C#Cc2ccc(C)cc2)cc1C(C)C)C1CC1. The fraction of sp³-hybridized carbons (Fsp3) is 0.396. The Kier molecular flexibility index (Phi) is 13.5. The van der Waals surface area contributed by atoms with Gasteiger partial charge in [0.15, 0.2) is 0 Å². The van der Waals surface area contributed by atoms with Crippen LogP contribution in [0.1, 0.15) is 139 Å². The number of hydrogen-bond acceptors (Lipinski definition) is 3. The summed E-state index contributed by atoms with van der Waals surface area (Å²) < 4.78 is 0. The molecule has 270 valence electrons. The fourth-order valence-corrected chi connectivity index (χ4v) is 6.65. The second-order valence-corrected chi connectivity index (χ2v) is 15.0. The summed E-state index contributed by atoms with van der Waals surface area (Å²) in [4.78, 5) is 16.1. The maximum atomic E-state index is 10.9. The standard InChI is InChI=1S/C24H27NO2.C24H29N/c1-4-25(22-13-14-22)16-21-12-9-19(15-23(21)17(2)3)6-5-18-7-10-20(11-8-18)24(26)27;1-5-25(23-14-15-23)17-22-13-12-21(16-24(22)18(2)3)11-10-20-8-6-19(4)7-9-20/h7-12,15,17,22H,4,13-14,16H2,1-3H3,(H,26,27);6-9,12-13,16,18,23H,5,14-15,17H2,1-4H3. The molecule has 4 aromatic rings. The van der Waals surface area contributed by atoms with E-state index in [4.69, 9.17) is 5.11 Å². The molecular formula is C48H56N2O2. The number of benzene rings is 4. The Morgan fingerprint density at radius 3 is 1.33 bits per heavy atom. The van der Waals surface area contributed by atoms with Crippen LogP contribution in [-0.2, 0) is 13.1 Å². The van der Waals surface area contributed by atoms with Crippen LogP contribution in [0.3, 0.4) is 0 Å². The van der Waals surface area contributed by atoms with E-state index >= 15 is 0 Å². The lowest BCUT2D eigenvalue weighted by atomic mass is 9.94. The number of aromatic carboxylic acids is 1. The molecule has 0 amide bonds. The molecule has 0 unspecified atom stereocenters. The molecule has 0 aromatic heterocycles. The molecular weight excluding hydrogens is 637 g/mol. The van der Waals surface area contributed by atoms with Gasteiger partial charge in [0.05, 0.1) is 5.56 Å². The summed E-state index contributed by atoms with van der Waals surface area (Å²) in [5, 5.41) is 8.97. The first-order valence-electron chi connectivity index (χ1n) is 19.2. The number of aryl methyl sites for hydroxylation is 1. The molecule has 1 N–H and O–H groups in total. The quantitative estimate of drug-likeness (QED) is 0.159. The van der Waals surface area contributed by atoms with Crippen molar-refractivity contribution < 1.29 is 9.90 Å². The Morgan fingerprint density at radius 1 is 0.615 bits per heavy atom. The fourth-order valence-electron chi connectivity index (χ4n) is 6.65. The Hall–Kier alpha value is -4.61. The van der Waals surface area contributed by atoms with Crippen molar-refractivity contribution in [3.05, 3.63) is 141 Å². The molecule has 2 fully saturated rings. The van der Waals surface area contributed by atoms with E-state index in [1.54, 1.807) is 24.3 Å². The summed E-state index contributed by atoms with van der Waals surface area (Å²) in [6, 6.07) is 30.0. The van der Waals surface area contributed by atoms with Crippen molar-refractivity contribution in [3.8, 4) is 23.7 Å². The Labute approximate surface area is 313 Å². The van der Waals surface area contributed by atoms with Gasteiger partial charge in [-0.2, -0.15) is 0 Å². The number of nitrogens with zero attached hydrogens (tertiary/aromatic N) is 2. The summed E-state index contributed by atoms with van der Waals surface area (Å²) in [6.07, 6.45) is 5.39. The van der Waals surface area contributed by atoms with E-state index in [-0.39, 0.29) is 5.56 Å². The minimum absolute atomic E-state index is 0.281. The lowest BCUT2D eigenvalue weighted by Gasteiger charge is -2.23. The van der Waals surface area contributed by atoms with Crippen molar-refractivity contribution in [2.24, 2.45) is 0 Å². The van der Waals surface area contributed by atoms with Gasteiger partial charge in [0.1, 0.15) is 0 Å². The highest BCUT2D eigenvalue weighted by Crippen LogP contribution is 2.31. The zero-order chi connectivity index (χ0) is 37.2. The zero-order valence-electron chi connectivity index (χ0n) is 32.3. The Balaban J connectivity index is 0.000000202. The highest BCUT2D eigenvalue weighted by atomic mass is 16.4. The summed E-state index contributed by atoms with van der Waals surface area (Å²) in [5.41, 5.74) is 11.2. The second-order valence-electron chi connectivity index (χ2n) is 15.0. The molecule has 0 spiro atoms. The number of rotatable bonds is 11. The van der Waals surface area contributed by atoms with Crippen LogP contribution in [0.2, 0.25) is 0 Å². The summed E-state index contributed by atoms with van der Waals surface area (Å²) in [5.74, 6) is 13.1. The monoisotopic (exact) mass is 692 g/mol. The molecule has 0 radical (unpaired) electrons. The highest BCUT2D eigenvalue weighted by Gasteiger charge is 2.29. The molecule has 0 aliphatic heterocycles. The van der Waals surface area contributed by atoms with E-state index in [2.05, 4.69) is 143 Å². The van der Waals surface area contributed by atoms with E-state index in [1.165, 1.54) is 53.5 Å². The van der Waals surface area contributed by atoms with Gasteiger partial charge in [-0.1, -0.05) is 95.1 Å². The predicted octanol–water partition coefficient (Wildman–Crippen LogP) is 10.4. The number of carboxylic acids is 1. The first-order valence-corrected chi connectivity index (χ1v) is 19.2. The van der Waals surface area contributed by atoms with Gasteiger partial charge in [0, 0.05) is 47.4 Å². The maximum Gasteiger partial charge on any atom is 0.335 e. The van der Waals surface area contributed by atoms with Gasteiger partial charge < -0.3 is 5.11 Å². The van der Waals surface area contributed by atoms with E-state index in [9.17, 15) is 4.79 Å². The first-order chi connectivity index (χ1) is 25.0. The number of carboxylic acid groups (broad SMARTS) is 1. The van der Waals surface area contributed by atoms with Crippen LogP contribution >= 0.6 is 0 Å². The molecule has 4 heteroatoms. The molecule has 4 nitrogen and oxygen atoms in total. The first kappa shape index (κ1) is 38.6. The average molecular weight is 693 g/mol. The van der Waals surface area contributed by atoms with Gasteiger partial charge in [-0.3, -0.25) is 9.80 Å². The van der Waals surface area contributed by atoms with Crippen molar-refractivity contribution in [2.45, 2.75) is 111 Å². The van der Waals surface area contributed by atoms with Crippen LogP contribution in [-0.4, -0.2) is 46.0 Å². The normalized spacial score (nSPS) is 13.7. The van der Waals surface area contributed by atoms with Crippen LogP contribution in [0.15, 0.2) is 84.9 Å². The third-order valence-electron chi connectivity index (χ3n) is 10.1. The van der Waals surface area contributed by atoms with E-state index in [0.717, 1.165) is 60.5 Å². The minimum atomic E-state index is -0.918. The average Bonchev–Trinajstić information content (AvgIpc) is 4.08. The van der Waals surface area contributed by atoms with Gasteiger partial charge in [-0.15, -0.1) is 0 Å².